The van der Waals surface area contributed by atoms with Crippen molar-refractivity contribution in [2.75, 3.05) is 6.61 Å². The van der Waals surface area contributed by atoms with Gasteiger partial charge in [-0.2, -0.15) is 5.26 Å². The molecule has 0 radical (unpaired) electrons. The molecule has 1 atom stereocenters. The summed E-state index contributed by atoms with van der Waals surface area (Å²) in [6, 6.07) is 8.86. The Morgan fingerprint density at radius 1 is 1.62 bits per heavy atom. The van der Waals surface area contributed by atoms with Crippen LogP contribution >= 0.6 is 0 Å². The van der Waals surface area contributed by atoms with Gasteiger partial charge in [0.05, 0.1) is 23.4 Å². The predicted molar refractivity (Wildman–Crippen MR) is 74.9 cm³/mol. The Balaban J connectivity index is 2.19. The van der Waals surface area contributed by atoms with E-state index in [4.69, 9.17) is 14.8 Å². The van der Waals surface area contributed by atoms with E-state index in [0.29, 0.717) is 16.8 Å². The SMILES string of the molecule is CC(C)OCC1(C(=O)O)CC(c2cccc(C#N)c2)=NO1. The van der Waals surface area contributed by atoms with Gasteiger partial charge in [0.1, 0.15) is 6.61 Å². The standard InChI is InChI=1S/C15H16N2O4/c1-10(2)20-9-15(14(18)19)7-13(17-21-15)12-5-3-4-11(6-12)8-16/h3-6,10H,7,9H2,1-2H3,(H,18,19). The topological polar surface area (TPSA) is 91.9 Å². The third-order valence-electron chi connectivity index (χ3n) is 3.15. The van der Waals surface area contributed by atoms with Gasteiger partial charge in [0.25, 0.3) is 5.60 Å². The minimum atomic E-state index is -1.50. The maximum atomic E-state index is 11.5. The second kappa shape index (κ2) is 5.94. The highest BCUT2D eigenvalue weighted by Gasteiger charge is 2.47. The van der Waals surface area contributed by atoms with Crippen molar-refractivity contribution in [1.29, 1.82) is 5.26 Å². The van der Waals surface area contributed by atoms with Crippen LogP contribution in [0.3, 0.4) is 0 Å². The first-order chi connectivity index (χ1) is 9.97. The van der Waals surface area contributed by atoms with Crippen molar-refractivity contribution < 1.29 is 19.5 Å². The van der Waals surface area contributed by atoms with Crippen LogP contribution in [-0.2, 0) is 14.4 Å². The molecule has 0 aliphatic carbocycles. The van der Waals surface area contributed by atoms with Crippen LogP contribution in [0.1, 0.15) is 31.4 Å². The first-order valence-electron chi connectivity index (χ1n) is 6.57. The maximum absolute atomic E-state index is 11.5. The number of carboxylic acid groups (broad SMARTS) is 1. The van der Waals surface area contributed by atoms with Gasteiger partial charge >= 0.3 is 5.97 Å². The van der Waals surface area contributed by atoms with Crippen LogP contribution in [0.5, 0.6) is 0 Å². The zero-order valence-corrected chi connectivity index (χ0v) is 11.9. The van der Waals surface area contributed by atoms with E-state index in [1.54, 1.807) is 24.3 Å². The minimum Gasteiger partial charge on any atom is -0.478 e. The summed E-state index contributed by atoms with van der Waals surface area (Å²) in [7, 11) is 0. The molecule has 21 heavy (non-hydrogen) atoms. The molecule has 0 bridgehead atoms. The molecular weight excluding hydrogens is 272 g/mol. The van der Waals surface area contributed by atoms with Crippen molar-refractivity contribution in [2.24, 2.45) is 5.16 Å². The molecule has 1 aromatic carbocycles. The molecule has 1 aliphatic heterocycles. The molecule has 1 unspecified atom stereocenters. The van der Waals surface area contributed by atoms with Crippen LogP contribution in [0.15, 0.2) is 29.4 Å². The number of ether oxygens (including phenoxy) is 1. The monoisotopic (exact) mass is 288 g/mol. The molecule has 0 aromatic heterocycles. The Bertz CT molecular complexity index is 618. The maximum Gasteiger partial charge on any atom is 0.353 e. The van der Waals surface area contributed by atoms with Crippen LogP contribution < -0.4 is 0 Å². The first kappa shape index (κ1) is 15.0. The molecule has 1 N–H and O–H groups in total. The molecule has 0 amide bonds. The van der Waals surface area contributed by atoms with E-state index in [1.165, 1.54) is 0 Å². The fourth-order valence-corrected chi connectivity index (χ4v) is 1.96. The highest BCUT2D eigenvalue weighted by Crippen LogP contribution is 2.28. The summed E-state index contributed by atoms with van der Waals surface area (Å²) in [6.45, 7) is 3.57. The summed E-state index contributed by atoms with van der Waals surface area (Å²) >= 11 is 0. The Morgan fingerprint density at radius 3 is 3.00 bits per heavy atom. The van der Waals surface area contributed by atoms with Gasteiger partial charge in [0.2, 0.25) is 0 Å². The molecule has 1 aromatic rings. The molecule has 110 valence electrons. The Labute approximate surface area is 122 Å². The molecule has 6 nitrogen and oxygen atoms in total. The van der Waals surface area contributed by atoms with Gasteiger partial charge in [-0.15, -0.1) is 0 Å². The lowest BCUT2D eigenvalue weighted by atomic mass is 9.94. The number of carboxylic acids is 1. The highest BCUT2D eigenvalue weighted by molar-refractivity contribution is 6.04. The molecular formula is C15H16N2O4. The fourth-order valence-electron chi connectivity index (χ4n) is 1.96. The van der Waals surface area contributed by atoms with E-state index < -0.39 is 11.6 Å². The summed E-state index contributed by atoms with van der Waals surface area (Å²) in [5, 5.41) is 22.2. The van der Waals surface area contributed by atoms with Gasteiger partial charge in [-0.1, -0.05) is 17.3 Å². The largest absolute Gasteiger partial charge is 0.478 e. The summed E-state index contributed by atoms with van der Waals surface area (Å²) < 4.78 is 5.39. The lowest BCUT2D eigenvalue weighted by Gasteiger charge is -2.22. The number of benzene rings is 1. The van der Waals surface area contributed by atoms with Crippen molar-refractivity contribution in [2.45, 2.75) is 32.0 Å². The third-order valence-corrected chi connectivity index (χ3v) is 3.15. The molecule has 0 fully saturated rings. The van der Waals surface area contributed by atoms with E-state index in [9.17, 15) is 9.90 Å². The van der Waals surface area contributed by atoms with Crippen LogP contribution in [0.2, 0.25) is 0 Å². The van der Waals surface area contributed by atoms with Crippen molar-refractivity contribution >= 4 is 11.7 Å². The molecule has 6 heteroatoms. The quantitative estimate of drug-likeness (QED) is 0.893. The zero-order chi connectivity index (χ0) is 15.5. The Kier molecular flexibility index (Phi) is 4.24. The normalized spacial score (nSPS) is 20.8. The molecule has 2 rings (SSSR count). The van der Waals surface area contributed by atoms with Crippen LogP contribution in [0, 0.1) is 11.3 Å². The highest BCUT2D eigenvalue weighted by atomic mass is 16.7. The number of aliphatic carboxylic acids is 1. The minimum absolute atomic E-state index is 0.0784. The molecule has 0 spiro atoms. The number of nitriles is 1. The van der Waals surface area contributed by atoms with Gasteiger partial charge in [-0.25, -0.2) is 4.79 Å². The molecule has 1 aliphatic rings. The van der Waals surface area contributed by atoms with E-state index in [2.05, 4.69) is 5.16 Å². The number of carbonyl (C=O) groups is 1. The lowest BCUT2D eigenvalue weighted by molar-refractivity contribution is -0.172. The number of hydrogen-bond acceptors (Lipinski definition) is 5. The lowest BCUT2D eigenvalue weighted by Crippen LogP contribution is -2.44. The molecule has 0 saturated carbocycles. The van der Waals surface area contributed by atoms with Crippen LogP contribution in [-0.4, -0.2) is 35.1 Å². The van der Waals surface area contributed by atoms with E-state index in [1.807, 2.05) is 19.9 Å². The van der Waals surface area contributed by atoms with Crippen molar-refractivity contribution in [3.05, 3.63) is 35.4 Å². The van der Waals surface area contributed by atoms with E-state index in [-0.39, 0.29) is 19.1 Å². The Morgan fingerprint density at radius 2 is 2.38 bits per heavy atom. The second-order valence-corrected chi connectivity index (χ2v) is 5.16. The van der Waals surface area contributed by atoms with Gasteiger partial charge in [-0.3, -0.25) is 0 Å². The first-order valence-corrected chi connectivity index (χ1v) is 6.57. The average molecular weight is 288 g/mol. The number of rotatable bonds is 5. The Hall–Kier alpha value is -2.39. The molecule has 0 saturated heterocycles. The van der Waals surface area contributed by atoms with E-state index in [0.717, 1.165) is 0 Å². The van der Waals surface area contributed by atoms with Crippen LogP contribution in [0.25, 0.3) is 0 Å². The smallest absolute Gasteiger partial charge is 0.353 e. The summed E-state index contributed by atoms with van der Waals surface area (Å²) in [6.07, 6.45) is 0.00000756. The van der Waals surface area contributed by atoms with Crippen LogP contribution in [0.4, 0.5) is 0 Å². The average Bonchev–Trinajstić information content (AvgIpc) is 2.91. The van der Waals surface area contributed by atoms with Gasteiger partial charge in [-0.05, 0) is 26.0 Å². The third kappa shape index (κ3) is 3.20. The van der Waals surface area contributed by atoms with Gasteiger partial charge in [0.15, 0.2) is 0 Å². The number of nitrogens with zero attached hydrogens (tertiary/aromatic N) is 2. The van der Waals surface area contributed by atoms with Gasteiger partial charge in [0, 0.05) is 12.0 Å². The summed E-state index contributed by atoms with van der Waals surface area (Å²) in [5.41, 5.74) is 0.174. The fraction of sp³-hybridized carbons (Fsp3) is 0.400. The summed E-state index contributed by atoms with van der Waals surface area (Å²) in [4.78, 5) is 16.7. The summed E-state index contributed by atoms with van der Waals surface area (Å²) in [5.74, 6) is -1.11. The number of hydrogen-bond donors (Lipinski definition) is 1. The second-order valence-electron chi connectivity index (χ2n) is 5.16. The van der Waals surface area contributed by atoms with Gasteiger partial charge < -0.3 is 14.7 Å². The van der Waals surface area contributed by atoms with Crippen molar-refractivity contribution in [3.8, 4) is 6.07 Å². The zero-order valence-electron chi connectivity index (χ0n) is 11.9. The van der Waals surface area contributed by atoms with E-state index >= 15 is 0 Å². The van der Waals surface area contributed by atoms with Crippen molar-refractivity contribution in [1.82, 2.24) is 0 Å². The number of oxime groups is 1. The molecule has 1 heterocycles. The van der Waals surface area contributed by atoms with Crippen molar-refractivity contribution in [3.63, 3.8) is 0 Å². The predicted octanol–water partition coefficient (Wildman–Crippen LogP) is 1.93.